The highest BCUT2D eigenvalue weighted by Crippen LogP contribution is 2.22. The number of halogens is 1. The van der Waals surface area contributed by atoms with Crippen LogP contribution < -0.4 is 20.9 Å². The number of rotatable bonds is 6. The van der Waals surface area contributed by atoms with Crippen molar-refractivity contribution in [1.82, 2.24) is 16.2 Å². The fraction of sp³-hybridized carbons (Fsp3) is 0.211. The zero-order valence-electron chi connectivity index (χ0n) is 14.9. The van der Waals surface area contributed by atoms with Crippen molar-refractivity contribution in [2.45, 2.75) is 19.9 Å². The molecule has 0 spiro atoms. The van der Waals surface area contributed by atoms with Gasteiger partial charge in [0.05, 0.1) is 5.02 Å². The summed E-state index contributed by atoms with van der Waals surface area (Å²) in [5.74, 6) is -1.16. The molecule has 7 nitrogen and oxygen atoms in total. The third-order valence-electron chi connectivity index (χ3n) is 3.54. The molecule has 2 aromatic rings. The van der Waals surface area contributed by atoms with Gasteiger partial charge in [0.2, 0.25) is 0 Å². The number of ether oxygens (including phenoxy) is 1. The van der Waals surface area contributed by atoms with E-state index in [4.69, 9.17) is 16.3 Å². The van der Waals surface area contributed by atoms with Crippen LogP contribution in [0.3, 0.4) is 0 Å². The van der Waals surface area contributed by atoms with E-state index in [1.165, 1.54) is 6.92 Å². The first kappa shape index (κ1) is 20.3. The first-order valence-corrected chi connectivity index (χ1v) is 8.58. The summed E-state index contributed by atoms with van der Waals surface area (Å²) in [7, 11) is 0. The van der Waals surface area contributed by atoms with Gasteiger partial charge in [-0.15, -0.1) is 0 Å². The Hall–Kier alpha value is -3.06. The predicted molar refractivity (Wildman–Crippen MR) is 101 cm³/mol. The molecule has 0 aromatic heterocycles. The molecular formula is C19H20ClN3O4. The van der Waals surface area contributed by atoms with Gasteiger partial charge in [0.25, 0.3) is 17.7 Å². The lowest BCUT2D eigenvalue weighted by Crippen LogP contribution is -2.51. The maximum atomic E-state index is 12.1. The van der Waals surface area contributed by atoms with Gasteiger partial charge in [0.1, 0.15) is 11.8 Å². The van der Waals surface area contributed by atoms with Crippen LogP contribution in [0.15, 0.2) is 48.5 Å². The van der Waals surface area contributed by atoms with Crippen LogP contribution in [-0.2, 0) is 9.59 Å². The fourth-order valence-electron chi connectivity index (χ4n) is 2.11. The largest absolute Gasteiger partial charge is 0.482 e. The molecule has 8 heteroatoms. The summed E-state index contributed by atoms with van der Waals surface area (Å²) in [5.41, 5.74) is 5.84. The van der Waals surface area contributed by atoms with E-state index in [-0.39, 0.29) is 12.5 Å². The molecule has 0 fully saturated rings. The van der Waals surface area contributed by atoms with Crippen LogP contribution >= 0.6 is 11.6 Å². The number of nitrogens with one attached hydrogen (secondary N) is 3. The van der Waals surface area contributed by atoms with Crippen molar-refractivity contribution in [3.63, 3.8) is 0 Å². The van der Waals surface area contributed by atoms with Crippen molar-refractivity contribution in [3.8, 4) is 5.75 Å². The topological polar surface area (TPSA) is 96.5 Å². The minimum Gasteiger partial charge on any atom is -0.482 e. The molecule has 27 heavy (non-hydrogen) atoms. The smallest absolute Gasteiger partial charge is 0.276 e. The highest BCUT2D eigenvalue weighted by molar-refractivity contribution is 6.32. The molecule has 0 radical (unpaired) electrons. The summed E-state index contributed by atoms with van der Waals surface area (Å²) in [5, 5.41) is 2.94. The van der Waals surface area contributed by atoms with E-state index in [9.17, 15) is 14.4 Å². The first-order chi connectivity index (χ1) is 12.9. The summed E-state index contributed by atoms with van der Waals surface area (Å²) >= 11 is 5.92. The van der Waals surface area contributed by atoms with Crippen molar-refractivity contribution in [2.24, 2.45) is 0 Å². The second-order valence-electron chi connectivity index (χ2n) is 5.82. The molecule has 142 valence electrons. The molecule has 0 saturated carbocycles. The zero-order valence-corrected chi connectivity index (χ0v) is 15.7. The van der Waals surface area contributed by atoms with E-state index >= 15 is 0 Å². The number of hydrogen-bond acceptors (Lipinski definition) is 4. The number of amides is 3. The first-order valence-electron chi connectivity index (χ1n) is 8.20. The number of para-hydroxylation sites is 1. The molecule has 0 heterocycles. The van der Waals surface area contributed by atoms with Crippen LogP contribution in [0.4, 0.5) is 0 Å². The van der Waals surface area contributed by atoms with Crippen LogP contribution in [0.1, 0.15) is 22.8 Å². The van der Waals surface area contributed by atoms with E-state index in [0.29, 0.717) is 16.3 Å². The molecule has 0 unspecified atom stereocenters. The zero-order chi connectivity index (χ0) is 19.8. The lowest BCUT2D eigenvalue weighted by Gasteiger charge is -2.15. The molecule has 0 saturated heterocycles. The summed E-state index contributed by atoms with van der Waals surface area (Å²) < 4.78 is 5.26. The standard InChI is InChI=1S/C19H20ClN3O4/c1-12-6-5-7-14(10-12)19(26)21-13(2)18(25)23-22-17(24)11-27-16-9-4-3-8-15(16)20/h3-10,13H,11H2,1-2H3,(H,21,26)(H,22,24)(H,23,25)/t13-/m0/s1. The van der Waals surface area contributed by atoms with Crippen LogP contribution in [0.2, 0.25) is 5.02 Å². The Bertz CT molecular complexity index is 841. The molecule has 0 bridgehead atoms. The van der Waals surface area contributed by atoms with Crippen LogP contribution in [0.5, 0.6) is 5.75 Å². The fourth-order valence-corrected chi connectivity index (χ4v) is 2.30. The quantitative estimate of drug-likeness (QED) is 0.658. The minimum absolute atomic E-state index is 0.325. The van der Waals surface area contributed by atoms with Gasteiger partial charge >= 0.3 is 0 Å². The van der Waals surface area contributed by atoms with Crippen molar-refractivity contribution < 1.29 is 19.1 Å². The highest BCUT2D eigenvalue weighted by atomic mass is 35.5. The number of hydrazine groups is 1. The third-order valence-corrected chi connectivity index (χ3v) is 3.85. The van der Waals surface area contributed by atoms with Crippen molar-refractivity contribution in [1.29, 1.82) is 0 Å². The Balaban J connectivity index is 1.76. The van der Waals surface area contributed by atoms with Gasteiger partial charge in [-0.3, -0.25) is 25.2 Å². The molecule has 1 atom stereocenters. The summed E-state index contributed by atoms with van der Waals surface area (Å²) in [6, 6.07) is 12.9. The van der Waals surface area contributed by atoms with Gasteiger partial charge < -0.3 is 10.1 Å². The van der Waals surface area contributed by atoms with Crippen molar-refractivity contribution in [3.05, 3.63) is 64.7 Å². The SMILES string of the molecule is Cc1cccc(C(=O)N[C@@H](C)C(=O)NNC(=O)COc2ccccc2Cl)c1. The molecule has 0 aliphatic rings. The normalized spacial score (nSPS) is 11.2. The van der Waals surface area contributed by atoms with Gasteiger partial charge in [-0.25, -0.2) is 0 Å². The van der Waals surface area contributed by atoms with E-state index < -0.39 is 17.9 Å². The predicted octanol–water partition coefficient (Wildman–Crippen LogP) is 1.99. The molecule has 2 rings (SSSR count). The van der Waals surface area contributed by atoms with Gasteiger partial charge in [-0.05, 0) is 38.1 Å². The van der Waals surface area contributed by atoms with E-state index in [2.05, 4.69) is 16.2 Å². The number of hydrogen-bond donors (Lipinski definition) is 3. The van der Waals surface area contributed by atoms with Gasteiger partial charge in [0, 0.05) is 5.56 Å². The van der Waals surface area contributed by atoms with E-state index in [1.807, 2.05) is 13.0 Å². The number of carbonyl (C=O) groups excluding carboxylic acids is 3. The van der Waals surface area contributed by atoms with Crippen molar-refractivity contribution >= 4 is 29.3 Å². The van der Waals surface area contributed by atoms with E-state index in [0.717, 1.165) is 5.56 Å². The minimum atomic E-state index is -0.845. The Morgan fingerprint density at radius 3 is 2.52 bits per heavy atom. The average Bonchev–Trinajstić information content (AvgIpc) is 2.65. The monoisotopic (exact) mass is 389 g/mol. The highest BCUT2D eigenvalue weighted by Gasteiger charge is 2.17. The molecule has 3 amide bonds. The van der Waals surface area contributed by atoms with E-state index in [1.54, 1.807) is 42.5 Å². The van der Waals surface area contributed by atoms with Crippen LogP contribution in [0.25, 0.3) is 0 Å². The number of benzene rings is 2. The molecule has 3 N–H and O–H groups in total. The van der Waals surface area contributed by atoms with Crippen molar-refractivity contribution in [2.75, 3.05) is 6.61 Å². The summed E-state index contributed by atoms with van der Waals surface area (Å²) in [4.78, 5) is 35.9. The second-order valence-corrected chi connectivity index (χ2v) is 6.23. The third kappa shape index (κ3) is 6.31. The Labute approximate surface area is 162 Å². The lowest BCUT2D eigenvalue weighted by molar-refractivity contribution is -0.130. The Kier molecular flexibility index (Phi) is 7.19. The summed E-state index contributed by atoms with van der Waals surface area (Å²) in [6.07, 6.45) is 0. The maximum absolute atomic E-state index is 12.1. The Morgan fingerprint density at radius 2 is 1.81 bits per heavy atom. The average molecular weight is 390 g/mol. The van der Waals surface area contributed by atoms with Gasteiger partial charge in [0.15, 0.2) is 6.61 Å². The van der Waals surface area contributed by atoms with Crippen LogP contribution in [0, 0.1) is 6.92 Å². The molecule has 0 aliphatic carbocycles. The van der Waals surface area contributed by atoms with Crippen LogP contribution in [-0.4, -0.2) is 30.4 Å². The summed E-state index contributed by atoms with van der Waals surface area (Å²) in [6.45, 7) is 3.05. The maximum Gasteiger partial charge on any atom is 0.276 e. The molecule has 2 aromatic carbocycles. The van der Waals surface area contributed by atoms with Gasteiger partial charge in [-0.2, -0.15) is 0 Å². The molecular weight excluding hydrogens is 370 g/mol. The number of carbonyl (C=O) groups is 3. The lowest BCUT2D eigenvalue weighted by atomic mass is 10.1. The molecule has 0 aliphatic heterocycles. The van der Waals surface area contributed by atoms with Gasteiger partial charge in [-0.1, -0.05) is 41.4 Å². The Morgan fingerprint density at radius 1 is 1.07 bits per heavy atom. The number of aryl methyl sites for hydroxylation is 1. The second kappa shape index (κ2) is 9.59.